The van der Waals surface area contributed by atoms with Crippen LogP contribution in [-0.4, -0.2) is 24.2 Å². The molecule has 0 bridgehead atoms. The van der Waals surface area contributed by atoms with Gasteiger partial charge in [0, 0.05) is 34.3 Å². The van der Waals surface area contributed by atoms with Crippen molar-refractivity contribution in [2.24, 2.45) is 7.05 Å². The number of hydrogen-bond donors (Lipinski definition) is 0. The topological polar surface area (TPSA) is 52.0 Å². The largest absolute Gasteiger partial charge is 0.322 e. The van der Waals surface area contributed by atoms with Gasteiger partial charge >= 0.3 is 0 Å². The Kier molecular flexibility index (Phi) is 5.73. The number of rotatable bonds is 5. The first-order valence-corrected chi connectivity index (χ1v) is 12.3. The molecule has 0 saturated heterocycles. The van der Waals surface area contributed by atoms with Gasteiger partial charge in [-0.15, -0.1) is 0 Å². The van der Waals surface area contributed by atoms with Gasteiger partial charge in [-0.3, -0.25) is 0 Å². The number of sulfone groups is 1. The molecule has 0 unspecified atom stereocenters. The van der Waals surface area contributed by atoms with Crippen LogP contribution in [-0.2, 0) is 16.9 Å². The summed E-state index contributed by atoms with van der Waals surface area (Å²) in [4.78, 5) is 6.25. The lowest BCUT2D eigenvalue weighted by Crippen LogP contribution is -1.96. The predicted octanol–water partition coefficient (Wildman–Crippen LogP) is 5.96. The van der Waals surface area contributed by atoms with Crippen molar-refractivity contribution in [3.05, 3.63) is 83.9 Å². The zero-order chi connectivity index (χ0) is 21.3. The van der Waals surface area contributed by atoms with Crippen molar-refractivity contribution in [3.8, 4) is 22.6 Å². The second-order valence-corrected chi connectivity index (χ2v) is 10.4. The molecule has 1 aromatic heterocycles. The fraction of sp³-hybridized carbons (Fsp3) is 0.0870. The first-order valence-electron chi connectivity index (χ1n) is 9.19. The van der Waals surface area contributed by atoms with E-state index in [1.807, 2.05) is 61.6 Å². The molecule has 0 aliphatic heterocycles. The van der Waals surface area contributed by atoms with Crippen LogP contribution in [0, 0.1) is 0 Å². The van der Waals surface area contributed by atoms with Crippen LogP contribution >= 0.6 is 23.4 Å². The molecular formula is C23H19ClN2O2S2. The lowest BCUT2D eigenvalue weighted by molar-refractivity contribution is 0.602. The third kappa shape index (κ3) is 4.31. The zero-order valence-electron chi connectivity index (χ0n) is 16.4. The molecule has 0 aliphatic carbocycles. The minimum Gasteiger partial charge on any atom is -0.322 e. The molecule has 0 N–H and O–H groups in total. The maximum atomic E-state index is 11.8. The van der Waals surface area contributed by atoms with Crippen LogP contribution in [0.3, 0.4) is 0 Å². The van der Waals surface area contributed by atoms with Crippen molar-refractivity contribution in [1.29, 1.82) is 0 Å². The van der Waals surface area contributed by atoms with Gasteiger partial charge in [0.1, 0.15) is 16.5 Å². The summed E-state index contributed by atoms with van der Waals surface area (Å²) in [6, 6.07) is 24.5. The molecule has 0 atom stereocenters. The Bertz CT molecular complexity index is 1280. The third-order valence-corrected chi connectivity index (χ3v) is 7.21. The summed E-state index contributed by atoms with van der Waals surface area (Å²) < 4.78 is 25.7. The van der Waals surface area contributed by atoms with Crippen LogP contribution in [0.25, 0.3) is 22.6 Å². The number of halogens is 1. The zero-order valence-corrected chi connectivity index (χ0v) is 18.8. The van der Waals surface area contributed by atoms with E-state index in [-0.39, 0.29) is 4.90 Å². The normalized spacial score (nSPS) is 11.6. The average Bonchev–Trinajstić information content (AvgIpc) is 3.06. The van der Waals surface area contributed by atoms with Crippen molar-refractivity contribution in [3.63, 3.8) is 0 Å². The number of nitrogens with zero attached hydrogens (tertiary/aromatic N) is 2. The van der Waals surface area contributed by atoms with E-state index in [9.17, 15) is 8.42 Å². The predicted molar refractivity (Wildman–Crippen MR) is 123 cm³/mol. The van der Waals surface area contributed by atoms with E-state index in [0.29, 0.717) is 5.02 Å². The minimum atomic E-state index is -3.25. The molecule has 0 spiro atoms. The highest BCUT2D eigenvalue weighted by Crippen LogP contribution is 2.39. The van der Waals surface area contributed by atoms with Gasteiger partial charge in [0.05, 0.1) is 4.90 Å². The van der Waals surface area contributed by atoms with Gasteiger partial charge in [-0.25, -0.2) is 13.4 Å². The molecule has 4 rings (SSSR count). The van der Waals surface area contributed by atoms with Crippen LogP contribution in [0.15, 0.2) is 93.7 Å². The number of aromatic nitrogens is 2. The molecule has 0 aliphatic rings. The summed E-state index contributed by atoms with van der Waals surface area (Å²) in [6.07, 6.45) is 1.21. The lowest BCUT2D eigenvalue weighted by atomic mass is 10.2. The number of hydrogen-bond acceptors (Lipinski definition) is 4. The maximum Gasteiger partial charge on any atom is 0.175 e. The standard InChI is InChI=1S/C23H19ClN2O2S2/c1-26-22(17-6-4-3-5-7-17)25-21(16-8-14-20(15-9-16)30(2,27)28)23(26)29-19-12-10-18(24)11-13-19/h3-15H,1-2H3. The van der Waals surface area contributed by atoms with E-state index >= 15 is 0 Å². The van der Waals surface area contributed by atoms with E-state index in [1.54, 1.807) is 36.0 Å². The van der Waals surface area contributed by atoms with Gasteiger partial charge in [-0.1, -0.05) is 65.8 Å². The molecular weight excluding hydrogens is 436 g/mol. The summed E-state index contributed by atoms with van der Waals surface area (Å²) in [7, 11) is -1.27. The Morgan fingerprint density at radius 1 is 0.867 bits per heavy atom. The highest BCUT2D eigenvalue weighted by atomic mass is 35.5. The first kappa shape index (κ1) is 20.7. The molecule has 7 heteroatoms. The first-order chi connectivity index (χ1) is 14.3. The molecule has 152 valence electrons. The van der Waals surface area contributed by atoms with Gasteiger partial charge in [0.15, 0.2) is 9.84 Å². The van der Waals surface area contributed by atoms with Gasteiger partial charge < -0.3 is 4.57 Å². The van der Waals surface area contributed by atoms with Crippen LogP contribution in [0.5, 0.6) is 0 Å². The SMILES string of the molecule is Cn1c(-c2ccccc2)nc(-c2ccc(S(C)(=O)=O)cc2)c1Sc1ccc(Cl)cc1. The molecule has 0 amide bonds. The maximum absolute atomic E-state index is 11.8. The van der Waals surface area contributed by atoms with Gasteiger partial charge in [0.2, 0.25) is 0 Å². The van der Waals surface area contributed by atoms with E-state index in [2.05, 4.69) is 4.57 Å². The molecule has 30 heavy (non-hydrogen) atoms. The van der Waals surface area contributed by atoms with E-state index in [4.69, 9.17) is 16.6 Å². The molecule has 3 aromatic carbocycles. The van der Waals surface area contributed by atoms with E-state index < -0.39 is 9.84 Å². The summed E-state index contributed by atoms with van der Waals surface area (Å²) in [5.74, 6) is 0.842. The van der Waals surface area contributed by atoms with Crippen LogP contribution in [0.2, 0.25) is 5.02 Å². The monoisotopic (exact) mass is 454 g/mol. The highest BCUT2D eigenvalue weighted by Gasteiger charge is 2.19. The van der Waals surface area contributed by atoms with Gasteiger partial charge in [-0.05, 0) is 36.4 Å². The molecule has 4 nitrogen and oxygen atoms in total. The summed E-state index contributed by atoms with van der Waals surface area (Å²) >= 11 is 7.63. The van der Waals surface area contributed by atoms with Crippen LogP contribution in [0.4, 0.5) is 0 Å². The molecule has 4 aromatic rings. The number of imidazole rings is 1. The molecule has 0 fully saturated rings. The Hall–Kier alpha value is -2.54. The molecule has 0 saturated carbocycles. The van der Waals surface area contributed by atoms with Gasteiger partial charge in [0.25, 0.3) is 0 Å². The second kappa shape index (κ2) is 8.30. The van der Waals surface area contributed by atoms with E-state index in [1.165, 1.54) is 6.26 Å². The average molecular weight is 455 g/mol. The fourth-order valence-corrected chi connectivity index (χ4v) is 4.84. The van der Waals surface area contributed by atoms with Crippen molar-refractivity contribution >= 4 is 33.2 Å². The Balaban J connectivity index is 1.84. The van der Waals surface area contributed by atoms with Crippen molar-refractivity contribution in [2.75, 3.05) is 6.26 Å². The van der Waals surface area contributed by atoms with Crippen LogP contribution < -0.4 is 0 Å². The Labute approximate surface area is 185 Å². The lowest BCUT2D eigenvalue weighted by Gasteiger charge is -2.08. The summed E-state index contributed by atoms with van der Waals surface area (Å²) in [5.41, 5.74) is 2.67. The van der Waals surface area contributed by atoms with Crippen LogP contribution in [0.1, 0.15) is 0 Å². The smallest absolute Gasteiger partial charge is 0.175 e. The Morgan fingerprint density at radius 3 is 2.10 bits per heavy atom. The summed E-state index contributed by atoms with van der Waals surface area (Å²) in [5, 5.41) is 1.65. The highest BCUT2D eigenvalue weighted by molar-refractivity contribution is 7.99. The Morgan fingerprint density at radius 2 is 1.50 bits per heavy atom. The number of benzene rings is 3. The van der Waals surface area contributed by atoms with Crippen molar-refractivity contribution in [2.45, 2.75) is 14.8 Å². The molecule has 0 radical (unpaired) electrons. The second-order valence-electron chi connectivity index (χ2n) is 6.87. The van der Waals surface area contributed by atoms with Gasteiger partial charge in [-0.2, -0.15) is 0 Å². The third-order valence-electron chi connectivity index (χ3n) is 4.66. The van der Waals surface area contributed by atoms with Crippen molar-refractivity contribution < 1.29 is 8.42 Å². The molecule has 1 heterocycles. The minimum absolute atomic E-state index is 0.289. The van der Waals surface area contributed by atoms with Crippen molar-refractivity contribution in [1.82, 2.24) is 9.55 Å². The fourth-order valence-electron chi connectivity index (χ4n) is 3.11. The summed E-state index contributed by atoms with van der Waals surface area (Å²) in [6.45, 7) is 0. The van der Waals surface area contributed by atoms with E-state index in [0.717, 1.165) is 32.6 Å². The quantitative estimate of drug-likeness (QED) is 0.373.